The standard InChI is InChI=1S/C12H23NO5/c1-6(15)13-8-10(17)9(16)7(5-14)18-11(8)12(2,3)4/h7-11,14,16-17H,5H2,1-4H3,(H,13,15)/t7?,8?,9-,10?,11+/m0/s1. The average Bonchev–Trinajstić information content (AvgIpc) is 2.23. The maximum Gasteiger partial charge on any atom is 0.217 e. The summed E-state index contributed by atoms with van der Waals surface area (Å²) in [5.41, 5.74) is -0.346. The number of carbonyl (C=O) groups is 1. The molecule has 1 amide bonds. The van der Waals surface area contributed by atoms with Crippen LogP contribution < -0.4 is 5.32 Å². The largest absolute Gasteiger partial charge is 0.394 e. The van der Waals surface area contributed by atoms with E-state index < -0.39 is 30.5 Å². The third kappa shape index (κ3) is 3.20. The Kier molecular flexibility index (Phi) is 4.72. The summed E-state index contributed by atoms with van der Waals surface area (Å²) in [5, 5.41) is 31.6. The van der Waals surface area contributed by atoms with E-state index in [1.807, 2.05) is 20.8 Å². The molecule has 6 heteroatoms. The van der Waals surface area contributed by atoms with Crippen molar-refractivity contribution >= 4 is 5.91 Å². The number of nitrogens with one attached hydrogen (secondary N) is 1. The highest BCUT2D eigenvalue weighted by Gasteiger charge is 2.48. The van der Waals surface area contributed by atoms with Gasteiger partial charge in [0.1, 0.15) is 18.3 Å². The van der Waals surface area contributed by atoms with Crippen molar-refractivity contribution in [2.45, 2.75) is 58.2 Å². The number of hydrogen-bond acceptors (Lipinski definition) is 5. The first-order valence-electron chi connectivity index (χ1n) is 6.08. The van der Waals surface area contributed by atoms with Gasteiger partial charge in [-0.1, -0.05) is 20.8 Å². The average molecular weight is 261 g/mol. The molecule has 0 radical (unpaired) electrons. The Morgan fingerprint density at radius 3 is 2.22 bits per heavy atom. The Balaban J connectivity index is 2.98. The van der Waals surface area contributed by atoms with E-state index in [1.54, 1.807) is 0 Å². The van der Waals surface area contributed by atoms with Crippen molar-refractivity contribution in [1.82, 2.24) is 5.32 Å². The Morgan fingerprint density at radius 2 is 1.83 bits per heavy atom. The number of ether oxygens (including phenoxy) is 1. The predicted molar refractivity (Wildman–Crippen MR) is 64.8 cm³/mol. The summed E-state index contributed by atoms with van der Waals surface area (Å²) in [6, 6.07) is -0.694. The molecule has 6 nitrogen and oxygen atoms in total. The molecule has 1 fully saturated rings. The molecule has 1 aliphatic heterocycles. The fourth-order valence-electron chi connectivity index (χ4n) is 2.25. The van der Waals surface area contributed by atoms with Crippen LogP contribution in [0.25, 0.3) is 0 Å². The molecule has 1 saturated heterocycles. The minimum atomic E-state index is -1.22. The van der Waals surface area contributed by atoms with Gasteiger partial charge in [-0.2, -0.15) is 0 Å². The summed E-state index contributed by atoms with van der Waals surface area (Å²) < 4.78 is 5.62. The van der Waals surface area contributed by atoms with E-state index in [1.165, 1.54) is 6.92 Å². The molecule has 1 rings (SSSR count). The van der Waals surface area contributed by atoms with Gasteiger partial charge < -0.3 is 25.4 Å². The van der Waals surface area contributed by atoms with Gasteiger partial charge >= 0.3 is 0 Å². The lowest BCUT2D eigenvalue weighted by molar-refractivity contribution is -0.216. The highest BCUT2D eigenvalue weighted by Crippen LogP contribution is 2.32. The highest BCUT2D eigenvalue weighted by molar-refractivity contribution is 5.73. The van der Waals surface area contributed by atoms with Crippen LogP contribution in [-0.2, 0) is 9.53 Å². The Labute approximate surface area is 107 Å². The first-order valence-corrected chi connectivity index (χ1v) is 6.08. The lowest BCUT2D eigenvalue weighted by Gasteiger charge is -2.47. The molecule has 1 heterocycles. The second-order valence-corrected chi connectivity index (χ2v) is 5.85. The molecular weight excluding hydrogens is 238 g/mol. The molecule has 106 valence electrons. The third-order valence-corrected chi connectivity index (χ3v) is 3.15. The third-order valence-electron chi connectivity index (χ3n) is 3.15. The van der Waals surface area contributed by atoms with Gasteiger partial charge in [-0.15, -0.1) is 0 Å². The number of rotatable bonds is 2. The first-order chi connectivity index (χ1) is 8.18. The van der Waals surface area contributed by atoms with E-state index in [4.69, 9.17) is 9.84 Å². The van der Waals surface area contributed by atoms with Crippen molar-refractivity contribution in [1.29, 1.82) is 0 Å². The minimum absolute atomic E-state index is 0.299. The number of amides is 1. The first kappa shape index (κ1) is 15.4. The van der Waals surface area contributed by atoms with E-state index in [-0.39, 0.29) is 17.9 Å². The van der Waals surface area contributed by atoms with Crippen LogP contribution in [0.5, 0.6) is 0 Å². The normalized spacial score (nSPS) is 37.4. The number of carbonyl (C=O) groups excluding carboxylic acids is 1. The maximum absolute atomic E-state index is 11.2. The summed E-state index contributed by atoms with van der Waals surface area (Å²) in [5.74, 6) is -0.299. The van der Waals surface area contributed by atoms with Gasteiger partial charge in [0.15, 0.2) is 0 Å². The molecule has 0 aromatic carbocycles. The van der Waals surface area contributed by atoms with Crippen molar-refractivity contribution in [2.75, 3.05) is 6.61 Å². The zero-order chi connectivity index (χ0) is 14.1. The quantitative estimate of drug-likeness (QED) is 0.512. The van der Waals surface area contributed by atoms with Crippen LogP contribution in [0.4, 0.5) is 0 Å². The van der Waals surface area contributed by atoms with E-state index in [0.717, 1.165) is 0 Å². The van der Waals surface area contributed by atoms with Crippen LogP contribution in [0.2, 0.25) is 0 Å². The van der Waals surface area contributed by atoms with Crippen LogP contribution in [0, 0.1) is 5.41 Å². The number of aliphatic hydroxyl groups is 3. The zero-order valence-corrected chi connectivity index (χ0v) is 11.3. The maximum atomic E-state index is 11.2. The monoisotopic (exact) mass is 261 g/mol. The molecule has 1 aliphatic rings. The smallest absolute Gasteiger partial charge is 0.217 e. The lowest BCUT2D eigenvalue weighted by Crippen LogP contribution is -2.66. The summed E-state index contributed by atoms with van der Waals surface area (Å²) >= 11 is 0. The van der Waals surface area contributed by atoms with Crippen molar-refractivity contribution in [3.05, 3.63) is 0 Å². The van der Waals surface area contributed by atoms with Crippen molar-refractivity contribution in [2.24, 2.45) is 5.41 Å². The fourth-order valence-corrected chi connectivity index (χ4v) is 2.25. The van der Waals surface area contributed by atoms with Crippen LogP contribution >= 0.6 is 0 Å². The molecular formula is C12H23NO5. The van der Waals surface area contributed by atoms with Gasteiger partial charge in [0, 0.05) is 6.92 Å². The molecule has 0 aromatic heterocycles. The van der Waals surface area contributed by atoms with Crippen LogP contribution in [-0.4, -0.2) is 58.3 Å². The number of aliphatic hydroxyl groups excluding tert-OH is 3. The summed E-state index contributed by atoms with van der Waals surface area (Å²) in [4.78, 5) is 11.2. The zero-order valence-electron chi connectivity index (χ0n) is 11.3. The summed E-state index contributed by atoms with van der Waals surface area (Å²) in [6.45, 7) is 6.69. The van der Waals surface area contributed by atoms with E-state index in [2.05, 4.69) is 5.32 Å². The molecule has 18 heavy (non-hydrogen) atoms. The number of hydrogen-bond donors (Lipinski definition) is 4. The van der Waals surface area contributed by atoms with Crippen molar-refractivity contribution < 1.29 is 24.9 Å². The Hall–Kier alpha value is -0.690. The SMILES string of the molecule is CC(=O)NC1C(O)[C@@H](O)C(CO)O[C@H]1C(C)(C)C. The van der Waals surface area contributed by atoms with Gasteiger partial charge in [-0.05, 0) is 5.41 Å². The van der Waals surface area contributed by atoms with E-state index >= 15 is 0 Å². The summed E-state index contributed by atoms with van der Waals surface area (Å²) in [7, 11) is 0. The van der Waals surface area contributed by atoms with Gasteiger partial charge in [-0.25, -0.2) is 0 Å². The highest BCUT2D eigenvalue weighted by atomic mass is 16.5. The van der Waals surface area contributed by atoms with E-state index in [0.29, 0.717) is 0 Å². The summed E-state index contributed by atoms with van der Waals surface area (Å²) in [6.07, 6.45) is -3.71. The Morgan fingerprint density at radius 1 is 1.28 bits per heavy atom. The molecule has 0 aromatic rings. The van der Waals surface area contributed by atoms with Crippen LogP contribution in [0.1, 0.15) is 27.7 Å². The molecule has 5 atom stereocenters. The molecule has 0 aliphatic carbocycles. The molecule has 4 N–H and O–H groups in total. The second kappa shape index (κ2) is 5.52. The van der Waals surface area contributed by atoms with Gasteiger partial charge in [0.25, 0.3) is 0 Å². The molecule has 3 unspecified atom stereocenters. The van der Waals surface area contributed by atoms with Gasteiger partial charge in [0.2, 0.25) is 5.91 Å². The van der Waals surface area contributed by atoms with Gasteiger partial charge in [-0.3, -0.25) is 4.79 Å². The van der Waals surface area contributed by atoms with Crippen molar-refractivity contribution in [3.8, 4) is 0 Å². The van der Waals surface area contributed by atoms with Gasteiger partial charge in [0.05, 0.1) is 18.8 Å². The van der Waals surface area contributed by atoms with Crippen LogP contribution in [0.15, 0.2) is 0 Å². The fraction of sp³-hybridized carbons (Fsp3) is 0.917. The lowest BCUT2D eigenvalue weighted by atomic mass is 9.78. The molecule has 0 spiro atoms. The minimum Gasteiger partial charge on any atom is -0.394 e. The second-order valence-electron chi connectivity index (χ2n) is 5.85. The predicted octanol–water partition coefficient (Wildman–Crippen LogP) is -0.981. The van der Waals surface area contributed by atoms with Crippen molar-refractivity contribution in [3.63, 3.8) is 0 Å². The van der Waals surface area contributed by atoms with E-state index in [9.17, 15) is 15.0 Å². The molecule has 0 saturated carbocycles. The topological polar surface area (TPSA) is 99.0 Å². The Bertz CT molecular complexity index is 301. The van der Waals surface area contributed by atoms with Crippen LogP contribution in [0.3, 0.4) is 0 Å². The molecule has 0 bridgehead atoms.